The Balaban J connectivity index is 1.68. The van der Waals surface area contributed by atoms with E-state index in [1.54, 1.807) is 24.3 Å². The summed E-state index contributed by atoms with van der Waals surface area (Å²) in [4.78, 5) is 36.0. The number of carbonyl (C=O) groups excluding carboxylic acids is 2. The Morgan fingerprint density at radius 3 is 2.52 bits per heavy atom. The maximum Gasteiger partial charge on any atom is 0.312 e. The minimum atomic E-state index is -1.73. The summed E-state index contributed by atoms with van der Waals surface area (Å²) < 4.78 is 44.8. The third-order valence-corrected chi connectivity index (χ3v) is 4.06. The molecule has 0 unspecified atom stereocenters. The summed E-state index contributed by atoms with van der Waals surface area (Å²) in [5.41, 5.74) is -0.770. The van der Waals surface area contributed by atoms with Crippen LogP contribution in [0, 0.1) is 17.5 Å². The summed E-state index contributed by atoms with van der Waals surface area (Å²) in [7, 11) is 0. The van der Waals surface area contributed by atoms with Gasteiger partial charge in [0, 0.05) is 5.39 Å². The van der Waals surface area contributed by atoms with Gasteiger partial charge in [-0.3, -0.25) is 14.4 Å². The molecule has 0 fully saturated rings. The highest BCUT2D eigenvalue weighted by Crippen LogP contribution is 2.20. The van der Waals surface area contributed by atoms with Gasteiger partial charge in [-0.15, -0.1) is 0 Å². The Morgan fingerprint density at radius 2 is 1.79 bits per heavy atom. The number of carbonyl (C=O) groups is 2. The number of rotatable bonds is 5. The van der Waals surface area contributed by atoms with Crippen LogP contribution in [0.1, 0.15) is 12.6 Å². The van der Waals surface area contributed by atoms with E-state index in [0.717, 1.165) is 6.07 Å². The zero-order chi connectivity index (χ0) is 21.1. The second-order valence-corrected chi connectivity index (χ2v) is 6.07. The number of amides is 1. The maximum absolute atomic E-state index is 13.6. The summed E-state index contributed by atoms with van der Waals surface area (Å²) in [6, 6.07) is 8.00. The smallest absolute Gasteiger partial charge is 0.312 e. The molecule has 0 saturated carbocycles. The molecule has 150 valence electrons. The third kappa shape index (κ3) is 4.26. The second-order valence-electron chi connectivity index (χ2n) is 6.07. The predicted molar refractivity (Wildman–Crippen MR) is 96.6 cm³/mol. The molecule has 2 aromatic carbocycles. The molecule has 1 atom stereocenters. The number of aromatic nitrogens is 2. The van der Waals surface area contributed by atoms with Gasteiger partial charge < -0.3 is 10.1 Å². The van der Waals surface area contributed by atoms with E-state index in [-0.39, 0.29) is 12.1 Å². The molecule has 3 rings (SSSR count). The minimum absolute atomic E-state index is 0.240. The number of H-pyrrole nitrogens is 1. The fourth-order valence-electron chi connectivity index (χ4n) is 2.59. The Hall–Kier alpha value is -3.69. The molecule has 0 saturated heterocycles. The Morgan fingerprint density at radius 1 is 1.10 bits per heavy atom. The number of aromatic amines is 1. The average Bonchev–Trinajstić information content (AvgIpc) is 2.70. The molecule has 7 nitrogen and oxygen atoms in total. The molecule has 1 amide bonds. The Labute approximate surface area is 161 Å². The SMILES string of the molecule is C[C@H](OC(=O)Cc1n[nH]c(=O)c2ccccc12)C(=O)Nc1ccc(F)c(F)c1F. The highest BCUT2D eigenvalue weighted by Gasteiger charge is 2.22. The van der Waals surface area contributed by atoms with Crippen LogP contribution in [0.25, 0.3) is 10.8 Å². The maximum atomic E-state index is 13.6. The predicted octanol–water partition coefficient (Wildman–Crippen LogP) is 2.45. The van der Waals surface area contributed by atoms with Crippen LogP contribution in [0.2, 0.25) is 0 Å². The molecule has 1 aromatic heterocycles. The van der Waals surface area contributed by atoms with E-state index >= 15 is 0 Å². The van der Waals surface area contributed by atoms with Crippen LogP contribution in [0.3, 0.4) is 0 Å². The molecule has 1 heterocycles. The number of esters is 1. The first-order valence-corrected chi connectivity index (χ1v) is 8.38. The zero-order valence-corrected chi connectivity index (χ0v) is 15.0. The van der Waals surface area contributed by atoms with E-state index in [1.807, 2.05) is 5.32 Å². The normalized spacial score (nSPS) is 11.9. The van der Waals surface area contributed by atoms with Crippen molar-refractivity contribution in [1.29, 1.82) is 0 Å². The quantitative estimate of drug-likeness (QED) is 0.502. The fraction of sp³-hybridized carbons (Fsp3) is 0.158. The van der Waals surface area contributed by atoms with E-state index in [2.05, 4.69) is 10.2 Å². The third-order valence-electron chi connectivity index (χ3n) is 4.06. The van der Waals surface area contributed by atoms with Gasteiger partial charge in [0.2, 0.25) is 0 Å². The van der Waals surface area contributed by atoms with Crippen LogP contribution >= 0.6 is 0 Å². The number of hydrogen-bond acceptors (Lipinski definition) is 5. The van der Waals surface area contributed by atoms with Crippen molar-refractivity contribution in [2.24, 2.45) is 0 Å². The first-order valence-electron chi connectivity index (χ1n) is 8.38. The number of halogens is 3. The van der Waals surface area contributed by atoms with Crippen molar-refractivity contribution in [3.05, 3.63) is 69.9 Å². The molecular weight excluding hydrogens is 391 g/mol. The molecule has 0 radical (unpaired) electrons. The van der Waals surface area contributed by atoms with E-state index in [0.29, 0.717) is 16.8 Å². The van der Waals surface area contributed by atoms with Gasteiger partial charge in [-0.05, 0) is 25.1 Å². The number of benzene rings is 2. The van der Waals surface area contributed by atoms with Crippen LogP contribution in [0.15, 0.2) is 41.2 Å². The molecule has 0 bridgehead atoms. The largest absolute Gasteiger partial charge is 0.452 e. The van der Waals surface area contributed by atoms with Crippen LogP contribution in [0.4, 0.5) is 18.9 Å². The van der Waals surface area contributed by atoms with Gasteiger partial charge in [-0.2, -0.15) is 5.10 Å². The molecule has 0 aliphatic heterocycles. The average molecular weight is 405 g/mol. The van der Waals surface area contributed by atoms with Crippen LogP contribution in [0.5, 0.6) is 0 Å². The lowest BCUT2D eigenvalue weighted by Crippen LogP contribution is -2.31. The second kappa shape index (κ2) is 8.13. The van der Waals surface area contributed by atoms with Crippen LogP contribution < -0.4 is 10.9 Å². The van der Waals surface area contributed by atoms with Gasteiger partial charge in [0.1, 0.15) is 0 Å². The van der Waals surface area contributed by atoms with E-state index in [9.17, 15) is 27.6 Å². The number of fused-ring (bicyclic) bond motifs is 1. The topological polar surface area (TPSA) is 101 Å². The fourth-order valence-corrected chi connectivity index (χ4v) is 2.59. The zero-order valence-electron chi connectivity index (χ0n) is 15.0. The molecule has 10 heteroatoms. The summed E-state index contributed by atoms with van der Waals surface area (Å²) in [5, 5.41) is 8.92. The lowest BCUT2D eigenvalue weighted by atomic mass is 10.1. The number of hydrogen-bond donors (Lipinski definition) is 2. The van der Waals surface area contributed by atoms with Crippen LogP contribution in [-0.4, -0.2) is 28.2 Å². The summed E-state index contributed by atoms with van der Waals surface area (Å²) >= 11 is 0. The monoisotopic (exact) mass is 405 g/mol. The van der Waals surface area contributed by atoms with Crippen molar-refractivity contribution in [2.45, 2.75) is 19.4 Å². The van der Waals surface area contributed by atoms with Crippen molar-refractivity contribution < 1.29 is 27.5 Å². The van der Waals surface area contributed by atoms with E-state index < -0.39 is 46.7 Å². The number of nitrogens with zero attached hydrogens (tertiary/aromatic N) is 1. The van der Waals surface area contributed by atoms with Crippen LogP contribution in [-0.2, 0) is 20.7 Å². The van der Waals surface area contributed by atoms with Crippen molar-refractivity contribution in [3.8, 4) is 0 Å². The standard InChI is InChI=1S/C19H14F3N3O4/c1-9(18(27)23-13-7-6-12(20)16(21)17(13)22)29-15(26)8-14-10-4-2-3-5-11(10)19(28)25-24-14/h2-7,9H,8H2,1H3,(H,23,27)(H,25,28)/t9-/m0/s1. The molecule has 0 aliphatic rings. The minimum Gasteiger partial charge on any atom is -0.452 e. The lowest BCUT2D eigenvalue weighted by molar-refractivity contribution is -0.152. The number of nitrogens with one attached hydrogen (secondary N) is 2. The van der Waals surface area contributed by atoms with Crippen molar-refractivity contribution in [3.63, 3.8) is 0 Å². The molecule has 2 N–H and O–H groups in total. The van der Waals surface area contributed by atoms with Gasteiger partial charge in [0.15, 0.2) is 23.6 Å². The summed E-state index contributed by atoms with van der Waals surface area (Å²) in [6.07, 6.45) is -1.70. The molecule has 3 aromatic rings. The Kier molecular flexibility index (Phi) is 5.62. The summed E-state index contributed by atoms with van der Waals surface area (Å²) in [6.45, 7) is 1.23. The van der Waals surface area contributed by atoms with E-state index in [1.165, 1.54) is 6.92 Å². The molecule has 0 aliphatic carbocycles. The highest BCUT2D eigenvalue weighted by molar-refractivity contribution is 5.95. The molecule has 0 spiro atoms. The van der Waals surface area contributed by atoms with Crippen molar-refractivity contribution in [1.82, 2.24) is 10.2 Å². The first kappa shape index (κ1) is 20.1. The van der Waals surface area contributed by atoms with Gasteiger partial charge in [-0.25, -0.2) is 18.3 Å². The van der Waals surface area contributed by atoms with Gasteiger partial charge in [0.05, 0.1) is 23.2 Å². The van der Waals surface area contributed by atoms with Gasteiger partial charge in [-0.1, -0.05) is 18.2 Å². The van der Waals surface area contributed by atoms with Crippen molar-refractivity contribution >= 4 is 28.3 Å². The van der Waals surface area contributed by atoms with E-state index in [4.69, 9.17) is 4.74 Å². The first-order chi connectivity index (χ1) is 13.8. The molecular formula is C19H14F3N3O4. The van der Waals surface area contributed by atoms with Gasteiger partial charge in [0.25, 0.3) is 11.5 Å². The number of ether oxygens (including phenoxy) is 1. The van der Waals surface area contributed by atoms with Crippen molar-refractivity contribution in [2.75, 3.05) is 5.32 Å². The highest BCUT2D eigenvalue weighted by atomic mass is 19.2. The lowest BCUT2D eigenvalue weighted by Gasteiger charge is -2.14. The molecule has 29 heavy (non-hydrogen) atoms. The summed E-state index contributed by atoms with van der Waals surface area (Å²) in [5.74, 6) is -6.48. The Bertz CT molecular complexity index is 1160. The number of anilines is 1. The van der Waals surface area contributed by atoms with Gasteiger partial charge >= 0.3 is 5.97 Å².